The third-order valence-electron chi connectivity index (χ3n) is 4.62. The highest BCUT2D eigenvalue weighted by molar-refractivity contribution is 6.32. The van der Waals surface area contributed by atoms with Gasteiger partial charge in [-0.25, -0.2) is 0 Å². The Morgan fingerprint density at radius 1 is 1.30 bits per heavy atom. The van der Waals surface area contributed by atoms with Crippen molar-refractivity contribution in [3.63, 3.8) is 0 Å². The summed E-state index contributed by atoms with van der Waals surface area (Å²) in [7, 11) is 0. The Hall–Kier alpha value is -3.19. The lowest BCUT2D eigenvalue weighted by atomic mass is 10.1. The van der Waals surface area contributed by atoms with Crippen molar-refractivity contribution in [3.05, 3.63) is 66.8 Å². The molecule has 0 unspecified atom stereocenters. The summed E-state index contributed by atoms with van der Waals surface area (Å²) in [6, 6.07) is 7.75. The van der Waals surface area contributed by atoms with Gasteiger partial charge in [0, 0.05) is 29.9 Å². The molecule has 7 nitrogen and oxygen atoms in total. The quantitative estimate of drug-likeness (QED) is 0.464. The summed E-state index contributed by atoms with van der Waals surface area (Å²) in [5.74, 6) is 0.355. The molecule has 8 heteroatoms. The van der Waals surface area contributed by atoms with E-state index in [0.717, 1.165) is 0 Å². The van der Waals surface area contributed by atoms with Crippen LogP contribution in [0.2, 0.25) is 5.02 Å². The van der Waals surface area contributed by atoms with Crippen LogP contribution >= 0.6 is 11.6 Å². The number of aryl methyl sites for hydroxylation is 1. The average Bonchev–Trinajstić information content (AvgIpc) is 2.80. The molecule has 0 radical (unpaired) electrons. The van der Waals surface area contributed by atoms with E-state index >= 15 is 0 Å². The fourth-order valence-electron chi connectivity index (χ4n) is 3.25. The maximum absolute atomic E-state index is 13.1. The number of benzene rings is 2. The van der Waals surface area contributed by atoms with Crippen molar-refractivity contribution in [3.8, 4) is 0 Å². The Bertz CT molecular complexity index is 1200. The van der Waals surface area contributed by atoms with E-state index in [1.807, 2.05) is 6.92 Å². The molecule has 2 aromatic carbocycles. The number of hydrogen-bond acceptors (Lipinski definition) is 6. The molecule has 0 bridgehead atoms. The minimum Gasteiger partial charge on any atom is -0.439 e. The van der Waals surface area contributed by atoms with Gasteiger partial charge in [-0.3, -0.25) is 19.9 Å². The summed E-state index contributed by atoms with van der Waals surface area (Å²) in [6.07, 6.45) is 1.40. The predicted octanol–water partition coefficient (Wildman–Crippen LogP) is 4.89. The number of anilines is 2. The summed E-state index contributed by atoms with van der Waals surface area (Å²) in [5.41, 5.74) is 2.07. The Labute approximate surface area is 158 Å². The first-order chi connectivity index (χ1) is 12.9. The van der Waals surface area contributed by atoms with Gasteiger partial charge in [0.05, 0.1) is 21.7 Å². The van der Waals surface area contributed by atoms with Crippen LogP contribution in [-0.4, -0.2) is 17.7 Å². The number of rotatable bonds is 2. The lowest BCUT2D eigenvalue weighted by molar-refractivity contribution is -0.384. The van der Waals surface area contributed by atoms with Gasteiger partial charge in [0.15, 0.2) is 0 Å². The van der Waals surface area contributed by atoms with Crippen molar-refractivity contribution in [2.45, 2.75) is 13.8 Å². The molecule has 0 spiro atoms. The second-order valence-corrected chi connectivity index (χ2v) is 6.54. The molecule has 1 aliphatic heterocycles. The molecule has 1 aliphatic rings. The molecule has 0 fully saturated rings. The number of non-ortho nitro benzene ring substituents is 1. The van der Waals surface area contributed by atoms with Gasteiger partial charge in [-0.1, -0.05) is 11.6 Å². The molecule has 3 aromatic rings. The number of halogens is 1. The van der Waals surface area contributed by atoms with Gasteiger partial charge in [-0.2, -0.15) is 0 Å². The van der Waals surface area contributed by atoms with Gasteiger partial charge >= 0.3 is 0 Å². The fraction of sp³-hybridized carbons (Fsp3) is 0.158. The minimum absolute atomic E-state index is 0.0695. The van der Waals surface area contributed by atoms with Gasteiger partial charge in [0.2, 0.25) is 11.3 Å². The molecule has 2 heterocycles. The van der Waals surface area contributed by atoms with Gasteiger partial charge < -0.3 is 9.32 Å². The second-order valence-electron chi connectivity index (χ2n) is 6.13. The van der Waals surface area contributed by atoms with Gasteiger partial charge in [-0.15, -0.1) is 0 Å². The fourth-order valence-corrected chi connectivity index (χ4v) is 3.41. The molecular formula is C19H14ClN3O4. The maximum atomic E-state index is 13.1. The molecule has 0 atom stereocenters. The van der Waals surface area contributed by atoms with Crippen LogP contribution in [0.4, 0.5) is 22.9 Å². The van der Waals surface area contributed by atoms with Crippen molar-refractivity contribution in [1.29, 1.82) is 0 Å². The number of hydrogen-bond donors (Lipinski definition) is 0. The molecule has 136 valence electrons. The Balaban J connectivity index is 2.05. The van der Waals surface area contributed by atoms with Crippen LogP contribution < -0.4 is 10.3 Å². The third kappa shape index (κ3) is 2.59. The normalized spacial score (nSPS) is 12.6. The third-order valence-corrected chi connectivity index (χ3v) is 5.03. The highest BCUT2D eigenvalue weighted by atomic mass is 35.5. The summed E-state index contributed by atoms with van der Waals surface area (Å²) in [5, 5.41) is 12.0. The molecular weight excluding hydrogens is 370 g/mol. The smallest absolute Gasteiger partial charge is 0.271 e. The van der Waals surface area contributed by atoms with E-state index in [2.05, 4.69) is 4.99 Å². The largest absolute Gasteiger partial charge is 0.439 e. The Kier molecular flexibility index (Phi) is 3.96. The number of aliphatic imine (C=N–C) groups is 1. The second kappa shape index (κ2) is 6.21. The van der Waals surface area contributed by atoms with Crippen LogP contribution in [0.25, 0.3) is 11.0 Å². The van der Waals surface area contributed by atoms with E-state index in [0.29, 0.717) is 45.4 Å². The highest BCUT2D eigenvalue weighted by Gasteiger charge is 2.25. The van der Waals surface area contributed by atoms with Crippen LogP contribution in [0.5, 0.6) is 0 Å². The summed E-state index contributed by atoms with van der Waals surface area (Å²) in [4.78, 5) is 29.9. The van der Waals surface area contributed by atoms with Crippen molar-refractivity contribution >= 4 is 51.7 Å². The predicted molar refractivity (Wildman–Crippen MR) is 105 cm³/mol. The van der Waals surface area contributed by atoms with Crippen LogP contribution in [0, 0.1) is 17.0 Å². The van der Waals surface area contributed by atoms with E-state index in [-0.39, 0.29) is 16.7 Å². The summed E-state index contributed by atoms with van der Waals surface area (Å²) >= 11 is 6.16. The van der Waals surface area contributed by atoms with Crippen molar-refractivity contribution in [1.82, 2.24) is 0 Å². The average molecular weight is 384 g/mol. The SMILES string of the molecule is CCN1c2ccc([N+](=O)[O-])cc2N=Cc2c1oc1ccc(Cl)c(C)c1c2=O. The molecule has 27 heavy (non-hydrogen) atoms. The summed E-state index contributed by atoms with van der Waals surface area (Å²) < 4.78 is 6.06. The van der Waals surface area contributed by atoms with E-state index in [1.165, 1.54) is 18.3 Å². The lowest BCUT2D eigenvalue weighted by Crippen LogP contribution is -2.21. The van der Waals surface area contributed by atoms with Gasteiger partial charge in [0.25, 0.3) is 5.69 Å². The van der Waals surface area contributed by atoms with Gasteiger partial charge in [-0.05, 0) is 37.6 Å². The molecule has 0 saturated heterocycles. The van der Waals surface area contributed by atoms with Gasteiger partial charge in [0.1, 0.15) is 11.1 Å². The zero-order valence-corrected chi connectivity index (χ0v) is 15.3. The number of nitro benzene ring substituents is 1. The number of nitrogens with zero attached hydrogens (tertiary/aromatic N) is 3. The van der Waals surface area contributed by atoms with Crippen molar-refractivity contribution < 1.29 is 9.34 Å². The van der Waals surface area contributed by atoms with Crippen LogP contribution in [-0.2, 0) is 0 Å². The molecule has 0 saturated carbocycles. The molecule has 4 rings (SSSR count). The Morgan fingerprint density at radius 3 is 2.78 bits per heavy atom. The monoisotopic (exact) mass is 383 g/mol. The number of nitro groups is 1. The first kappa shape index (κ1) is 17.2. The topological polar surface area (TPSA) is 88.9 Å². The van der Waals surface area contributed by atoms with Crippen LogP contribution in [0.1, 0.15) is 18.1 Å². The van der Waals surface area contributed by atoms with Crippen molar-refractivity contribution in [2.75, 3.05) is 11.4 Å². The molecule has 0 aliphatic carbocycles. The van der Waals surface area contributed by atoms with E-state index in [4.69, 9.17) is 16.0 Å². The molecule has 0 amide bonds. The minimum atomic E-state index is -0.479. The van der Waals surface area contributed by atoms with E-state index in [1.54, 1.807) is 30.0 Å². The zero-order valence-electron chi connectivity index (χ0n) is 14.5. The lowest BCUT2D eigenvalue weighted by Gasteiger charge is -2.23. The first-order valence-corrected chi connectivity index (χ1v) is 8.66. The number of fused-ring (bicyclic) bond motifs is 3. The van der Waals surface area contributed by atoms with E-state index < -0.39 is 4.92 Å². The maximum Gasteiger partial charge on any atom is 0.271 e. The molecule has 1 aromatic heterocycles. The molecule has 0 N–H and O–H groups in total. The van der Waals surface area contributed by atoms with Crippen molar-refractivity contribution in [2.24, 2.45) is 4.99 Å². The zero-order chi connectivity index (χ0) is 19.3. The first-order valence-electron chi connectivity index (χ1n) is 8.28. The van der Waals surface area contributed by atoms with Crippen LogP contribution in [0.15, 0.2) is 44.5 Å². The highest BCUT2D eigenvalue weighted by Crippen LogP contribution is 2.40. The van der Waals surface area contributed by atoms with E-state index in [9.17, 15) is 14.9 Å². The Morgan fingerprint density at radius 2 is 2.07 bits per heavy atom. The summed E-state index contributed by atoms with van der Waals surface area (Å²) in [6.45, 7) is 4.15. The standard InChI is InChI=1S/C19H14ClN3O4/c1-3-22-15-6-4-11(23(25)26)8-14(15)21-9-12-18(24)17-10(2)13(20)5-7-16(17)27-19(12)22/h4-9H,3H2,1-2H3. The van der Waals surface area contributed by atoms with Crippen LogP contribution in [0.3, 0.4) is 0 Å².